The van der Waals surface area contributed by atoms with Gasteiger partial charge >= 0.3 is 0 Å². The van der Waals surface area contributed by atoms with Crippen LogP contribution in [0.4, 0.5) is 0 Å². The van der Waals surface area contributed by atoms with Gasteiger partial charge in [0.15, 0.2) is 0 Å². The molecular weight excluding hydrogens is 256 g/mol. The van der Waals surface area contributed by atoms with E-state index in [-0.39, 0.29) is 5.41 Å². The van der Waals surface area contributed by atoms with E-state index >= 15 is 0 Å². The SMILES string of the molecule is CCN1CCC(NC(C)CC(C)(C)c2ccccc2)CC1. The molecule has 1 N–H and O–H groups in total. The van der Waals surface area contributed by atoms with Crippen LogP contribution in [0, 0.1) is 0 Å². The van der Waals surface area contributed by atoms with Crippen molar-refractivity contribution in [2.45, 2.75) is 64.5 Å². The van der Waals surface area contributed by atoms with Crippen LogP contribution in [0.3, 0.4) is 0 Å². The standard InChI is InChI=1S/C19H32N2/c1-5-21-13-11-18(12-14-21)20-16(2)15-19(3,4)17-9-7-6-8-10-17/h6-10,16,18,20H,5,11-15H2,1-4H3. The summed E-state index contributed by atoms with van der Waals surface area (Å²) in [7, 11) is 0. The second kappa shape index (κ2) is 7.42. The van der Waals surface area contributed by atoms with Gasteiger partial charge in [-0.3, -0.25) is 0 Å². The van der Waals surface area contributed by atoms with E-state index < -0.39 is 0 Å². The zero-order valence-electron chi connectivity index (χ0n) is 14.2. The van der Waals surface area contributed by atoms with Crippen LogP contribution in [0.15, 0.2) is 30.3 Å². The van der Waals surface area contributed by atoms with E-state index in [1.807, 2.05) is 0 Å². The maximum Gasteiger partial charge on any atom is 0.00938 e. The highest BCUT2D eigenvalue weighted by molar-refractivity contribution is 5.23. The molecule has 0 saturated carbocycles. The number of likely N-dealkylation sites (tertiary alicyclic amines) is 1. The lowest BCUT2D eigenvalue weighted by molar-refractivity contribution is 0.195. The summed E-state index contributed by atoms with van der Waals surface area (Å²) < 4.78 is 0. The highest BCUT2D eigenvalue weighted by atomic mass is 15.1. The topological polar surface area (TPSA) is 15.3 Å². The minimum Gasteiger partial charge on any atom is -0.311 e. The van der Waals surface area contributed by atoms with Gasteiger partial charge in [-0.25, -0.2) is 0 Å². The molecule has 21 heavy (non-hydrogen) atoms. The van der Waals surface area contributed by atoms with E-state index in [4.69, 9.17) is 0 Å². The minimum absolute atomic E-state index is 0.234. The van der Waals surface area contributed by atoms with E-state index in [1.54, 1.807) is 0 Å². The summed E-state index contributed by atoms with van der Waals surface area (Å²) in [6, 6.07) is 12.2. The number of nitrogens with zero attached hydrogens (tertiary/aromatic N) is 1. The molecule has 2 heteroatoms. The second-order valence-corrected chi connectivity index (χ2v) is 7.23. The van der Waals surface area contributed by atoms with Crippen molar-refractivity contribution in [3.05, 3.63) is 35.9 Å². The zero-order chi connectivity index (χ0) is 15.3. The summed E-state index contributed by atoms with van der Waals surface area (Å²) in [5.41, 5.74) is 1.68. The third-order valence-electron chi connectivity index (χ3n) is 4.93. The molecule has 1 heterocycles. The molecule has 0 bridgehead atoms. The first-order valence-corrected chi connectivity index (χ1v) is 8.55. The molecule has 1 aromatic carbocycles. The molecule has 0 amide bonds. The van der Waals surface area contributed by atoms with Crippen LogP contribution in [-0.2, 0) is 5.41 Å². The quantitative estimate of drug-likeness (QED) is 0.856. The van der Waals surface area contributed by atoms with Crippen molar-refractivity contribution in [3.63, 3.8) is 0 Å². The molecule has 1 atom stereocenters. The minimum atomic E-state index is 0.234. The number of hydrogen-bond donors (Lipinski definition) is 1. The summed E-state index contributed by atoms with van der Waals surface area (Å²) in [5.74, 6) is 0. The van der Waals surface area contributed by atoms with Gasteiger partial charge in [0, 0.05) is 12.1 Å². The van der Waals surface area contributed by atoms with E-state index in [9.17, 15) is 0 Å². The Morgan fingerprint density at radius 3 is 2.38 bits per heavy atom. The van der Waals surface area contributed by atoms with Crippen molar-refractivity contribution in [1.82, 2.24) is 10.2 Å². The number of rotatable bonds is 6. The Labute approximate surface area is 130 Å². The Balaban J connectivity index is 1.83. The van der Waals surface area contributed by atoms with Crippen LogP contribution in [-0.4, -0.2) is 36.6 Å². The van der Waals surface area contributed by atoms with Crippen LogP contribution in [0.2, 0.25) is 0 Å². The summed E-state index contributed by atoms with van der Waals surface area (Å²) in [6.07, 6.45) is 3.78. The lowest BCUT2D eigenvalue weighted by atomic mass is 9.79. The fraction of sp³-hybridized carbons (Fsp3) is 0.684. The van der Waals surface area contributed by atoms with Crippen LogP contribution in [0.5, 0.6) is 0 Å². The molecule has 1 saturated heterocycles. The largest absolute Gasteiger partial charge is 0.311 e. The van der Waals surface area contributed by atoms with Gasteiger partial charge in [-0.05, 0) is 56.8 Å². The Morgan fingerprint density at radius 1 is 1.19 bits per heavy atom. The molecule has 0 aliphatic carbocycles. The van der Waals surface area contributed by atoms with Gasteiger partial charge in [0.2, 0.25) is 0 Å². The summed E-state index contributed by atoms with van der Waals surface area (Å²) >= 11 is 0. The molecule has 118 valence electrons. The molecule has 1 aromatic rings. The van der Waals surface area contributed by atoms with Crippen LogP contribution in [0.25, 0.3) is 0 Å². The molecule has 1 fully saturated rings. The lowest BCUT2D eigenvalue weighted by Crippen LogP contribution is -2.46. The molecule has 1 aliphatic heterocycles. The van der Waals surface area contributed by atoms with Crippen molar-refractivity contribution in [1.29, 1.82) is 0 Å². The Bertz CT molecular complexity index is 405. The van der Waals surface area contributed by atoms with E-state index in [2.05, 4.69) is 68.2 Å². The fourth-order valence-corrected chi connectivity index (χ4v) is 3.65. The number of hydrogen-bond acceptors (Lipinski definition) is 2. The molecule has 0 spiro atoms. The predicted molar refractivity (Wildman–Crippen MR) is 91.8 cm³/mol. The van der Waals surface area contributed by atoms with Gasteiger partial charge in [-0.2, -0.15) is 0 Å². The molecule has 0 radical (unpaired) electrons. The molecule has 1 aliphatic rings. The highest BCUT2D eigenvalue weighted by Crippen LogP contribution is 2.28. The number of benzene rings is 1. The van der Waals surface area contributed by atoms with Gasteiger partial charge in [-0.1, -0.05) is 51.1 Å². The van der Waals surface area contributed by atoms with Gasteiger partial charge < -0.3 is 10.2 Å². The molecule has 0 aromatic heterocycles. The smallest absolute Gasteiger partial charge is 0.00938 e. The first-order chi connectivity index (χ1) is 10.0. The maximum absolute atomic E-state index is 3.86. The van der Waals surface area contributed by atoms with Crippen LogP contribution < -0.4 is 5.32 Å². The van der Waals surface area contributed by atoms with Crippen molar-refractivity contribution in [2.75, 3.05) is 19.6 Å². The van der Waals surface area contributed by atoms with Crippen LogP contribution in [0.1, 0.15) is 52.5 Å². The van der Waals surface area contributed by atoms with Gasteiger partial charge in [0.05, 0.1) is 0 Å². The summed E-state index contributed by atoms with van der Waals surface area (Å²) in [6.45, 7) is 13.0. The van der Waals surface area contributed by atoms with Crippen molar-refractivity contribution < 1.29 is 0 Å². The first-order valence-electron chi connectivity index (χ1n) is 8.55. The Kier molecular flexibility index (Phi) is 5.83. The van der Waals surface area contributed by atoms with Gasteiger partial charge in [0.1, 0.15) is 0 Å². The van der Waals surface area contributed by atoms with E-state index in [1.165, 1.54) is 44.5 Å². The average molecular weight is 288 g/mol. The second-order valence-electron chi connectivity index (χ2n) is 7.23. The van der Waals surface area contributed by atoms with Gasteiger partial charge in [0.25, 0.3) is 0 Å². The number of nitrogens with one attached hydrogen (secondary N) is 1. The molecule has 1 unspecified atom stereocenters. The molecule has 2 rings (SSSR count). The zero-order valence-corrected chi connectivity index (χ0v) is 14.2. The molecule has 2 nitrogen and oxygen atoms in total. The van der Waals surface area contributed by atoms with Gasteiger partial charge in [-0.15, -0.1) is 0 Å². The van der Waals surface area contributed by atoms with Crippen molar-refractivity contribution in [2.24, 2.45) is 0 Å². The average Bonchev–Trinajstić information content (AvgIpc) is 2.48. The van der Waals surface area contributed by atoms with E-state index in [0.717, 1.165) is 0 Å². The Morgan fingerprint density at radius 2 is 1.81 bits per heavy atom. The lowest BCUT2D eigenvalue weighted by Gasteiger charge is -2.35. The number of piperidine rings is 1. The third kappa shape index (κ3) is 4.82. The monoisotopic (exact) mass is 288 g/mol. The van der Waals surface area contributed by atoms with Crippen LogP contribution >= 0.6 is 0 Å². The van der Waals surface area contributed by atoms with Crippen molar-refractivity contribution >= 4 is 0 Å². The predicted octanol–water partition coefficient (Wildman–Crippen LogP) is 3.82. The normalized spacial score (nSPS) is 19.6. The summed E-state index contributed by atoms with van der Waals surface area (Å²) in [4.78, 5) is 2.55. The van der Waals surface area contributed by atoms with Crippen molar-refractivity contribution in [3.8, 4) is 0 Å². The third-order valence-corrected chi connectivity index (χ3v) is 4.93. The van der Waals surface area contributed by atoms with E-state index in [0.29, 0.717) is 12.1 Å². The summed E-state index contributed by atoms with van der Waals surface area (Å²) in [5, 5.41) is 3.86. The maximum atomic E-state index is 3.86. The fourth-order valence-electron chi connectivity index (χ4n) is 3.65. The molecular formula is C19H32N2. The highest BCUT2D eigenvalue weighted by Gasteiger charge is 2.25. The Hall–Kier alpha value is -0.860. The first kappa shape index (κ1) is 16.5.